The van der Waals surface area contributed by atoms with E-state index >= 15 is 0 Å². The number of ether oxygens (including phenoxy) is 1. The number of carbonyl (C=O) groups is 1. The van der Waals surface area contributed by atoms with E-state index in [0.29, 0.717) is 28.2 Å². The fraction of sp³-hybridized carbons (Fsp3) is 0.261. The molecule has 1 heterocycles. The second-order valence-corrected chi connectivity index (χ2v) is 8.16. The first-order valence-corrected chi connectivity index (χ1v) is 11.3. The number of hydrogen-bond donors (Lipinski definition) is 1. The molecule has 0 aliphatic carbocycles. The molecule has 0 bridgehead atoms. The van der Waals surface area contributed by atoms with Gasteiger partial charge in [-0.1, -0.05) is 60.6 Å². The van der Waals surface area contributed by atoms with E-state index in [0.717, 1.165) is 12.2 Å². The Bertz CT molecular complexity index is 1040. The number of allylic oxidation sites excluding steroid dienone is 1. The van der Waals surface area contributed by atoms with Gasteiger partial charge < -0.3 is 10.1 Å². The van der Waals surface area contributed by atoms with E-state index < -0.39 is 0 Å². The topological polar surface area (TPSA) is 69.0 Å². The van der Waals surface area contributed by atoms with Crippen LogP contribution >= 0.6 is 23.4 Å². The molecule has 0 aliphatic rings. The summed E-state index contributed by atoms with van der Waals surface area (Å²) in [5, 5.41) is 12.5. The van der Waals surface area contributed by atoms with Crippen molar-refractivity contribution in [3.63, 3.8) is 0 Å². The number of halogens is 1. The Morgan fingerprint density at radius 2 is 2.00 bits per heavy atom. The molecule has 1 aromatic heterocycles. The van der Waals surface area contributed by atoms with Crippen molar-refractivity contribution < 1.29 is 9.53 Å². The minimum absolute atomic E-state index is 0.173. The molecule has 0 aliphatic heterocycles. The second-order valence-electron chi connectivity index (χ2n) is 6.81. The molecular formula is C23H25ClN4O2S. The monoisotopic (exact) mass is 456 g/mol. The molecule has 0 spiro atoms. The average Bonchev–Trinajstić information content (AvgIpc) is 3.17. The summed E-state index contributed by atoms with van der Waals surface area (Å²) in [4.78, 5) is 12.3. The van der Waals surface area contributed by atoms with Crippen LogP contribution < -0.4 is 10.1 Å². The molecule has 1 amide bonds. The van der Waals surface area contributed by atoms with E-state index in [4.69, 9.17) is 16.3 Å². The van der Waals surface area contributed by atoms with Crippen LogP contribution in [0.2, 0.25) is 5.02 Å². The van der Waals surface area contributed by atoms with Crippen molar-refractivity contribution in [2.24, 2.45) is 0 Å². The zero-order valence-electron chi connectivity index (χ0n) is 17.5. The first-order chi connectivity index (χ1) is 15.0. The standard InChI is InChI=1S/C23H25ClN4O2S/c1-4-14-28-22(16(3)30-18-12-10-17(5-2)11-13-18)26-27-23(28)31-15-21(29)25-20-9-7-6-8-19(20)24/h4,6-13,16H,1,5,14-15H2,2-3H3,(H,25,29). The van der Waals surface area contributed by atoms with Gasteiger partial charge in [0, 0.05) is 6.54 Å². The molecule has 0 saturated carbocycles. The summed E-state index contributed by atoms with van der Waals surface area (Å²) in [6, 6.07) is 15.1. The van der Waals surface area contributed by atoms with Crippen molar-refractivity contribution in [2.75, 3.05) is 11.1 Å². The molecule has 1 unspecified atom stereocenters. The van der Waals surface area contributed by atoms with E-state index in [-0.39, 0.29) is 17.8 Å². The number of anilines is 1. The molecule has 0 radical (unpaired) electrons. The molecule has 31 heavy (non-hydrogen) atoms. The number of hydrogen-bond acceptors (Lipinski definition) is 5. The van der Waals surface area contributed by atoms with Gasteiger partial charge in [0.15, 0.2) is 17.1 Å². The van der Waals surface area contributed by atoms with Crippen molar-refractivity contribution in [1.29, 1.82) is 0 Å². The summed E-state index contributed by atoms with van der Waals surface area (Å²) in [5.41, 5.74) is 1.84. The lowest BCUT2D eigenvalue weighted by molar-refractivity contribution is -0.113. The molecule has 3 aromatic rings. The molecule has 0 fully saturated rings. The number of nitrogens with zero attached hydrogens (tertiary/aromatic N) is 3. The Labute approximate surface area is 191 Å². The fourth-order valence-corrected chi connectivity index (χ4v) is 3.89. The van der Waals surface area contributed by atoms with Gasteiger partial charge >= 0.3 is 0 Å². The number of benzene rings is 2. The quantitative estimate of drug-likeness (QED) is 0.320. The highest BCUT2D eigenvalue weighted by Gasteiger charge is 2.20. The predicted octanol–water partition coefficient (Wildman–Crippen LogP) is 5.55. The van der Waals surface area contributed by atoms with Crippen LogP contribution in [-0.2, 0) is 17.8 Å². The van der Waals surface area contributed by atoms with E-state index in [1.165, 1.54) is 17.3 Å². The van der Waals surface area contributed by atoms with Crippen LogP contribution in [0.4, 0.5) is 5.69 Å². The molecule has 6 nitrogen and oxygen atoms in total. The van der Waals surface area contributed by atoms with Gasteiger partial charge in [0.2, 0.25) is 5.91 Å². The average molecular weight is 457 g/mol. The number of nitrogens with one attached hydrogen (secondary N) is 1. The van der Waals surface area contributed by atoms with Crippen LogP contribution in [0.15, 0.2) is 66.3 Å². The maximum absolute atomic E-state index is 12.3. The van der Waals surface area contributed by atoms with Gasteiger partial charge in [0.05, 0.1) is 16.5 Å². The molecular weight excluding hydrogens is 432 g/mol. The van der Waals surface area contributed by atoms with Crippen LogP contribution in [0.5, 0.6) is 5.75 Å². The number of thioether (sulfide) groups is 1. The Kier molecular flexibility index (Phi) is 8.14. The maximum atomic E-state index is 12.3. The number of para-hydroxylation sites is 1. The third kappa shape index (κ3) is 6.12. The first-order valence-electron chi connectivity index (χ1n) is 9.98. The number of amides is 1. The number of rotatable bonds is 10. The van der Waals surface area contributed by atoms with Gasteiger partial charge in [0.25, 0.3) is 0 Å². The minimum Gasteiger partial charge on any atom is -0.483 e. The predicted molar refractivity (Wildman–Crippen MR) is 126 cm³/mol. The Morgan fingerprint density at radius 1 is 1.26 bits per heavy atom. The van der Waals surface area contributed by atoms with Gasteiger partial charge in [-0.25, -0.2) is 0 Å². The van der Waals surface area contributed by atoms with Crippen LogP contribution in [0, 0.1) is 0 Å². The smallest absolute Gasteiger partial charge is 0.234 e. The van der Waals surface area contributed by atoms with Gasteiger partial charge in [0.1, 0.15) is 5.75 Å². The Balaban J connectivity index is 1.66. The van der Waals surface area contributed by atoms with Gasteiger partial charge in [-0.15, -0.1) is 16.8 Å². The lowest BCUT2D eigenvalue weighted by Crippen LogP contribution is -2.15. The van der Waals surface area contributed by atoms with Gasteiger partial charge in [-0.2, -0.15) is 0 Å². The SMILES string of the molecule is C=CCn1c(SCC(=O)Nc2ccccc2Cl)nnc1C(C)Oc1ccc(CC)cc1. The summed E-state index contributed by atoms with van der Waals surface area (Å²) in [7, 11) is 0. The Hall–Kier alpha value is -2.77. The number of aryl methyl sites for hydroxylation is 1. The highest BCUT2D eigenvalue weighted by molar-refractivity contribution is 7.99. The van der Waals surface area contributed by atoms with E-state index in [1.54, 1.807) is 18.2 Å². The van der Waals surface area contributed by atoms with Crippen molar-refractivity contribution in [3.8, 4) is 5.75 Å². The van der Waals surface area contributed by atoms with Crippen molar-refractivity contribution in [1.82, 2.24) is 14.8 Å². The lowest BCUT2D eigenvalue weighted by atomic mass is 10.2. The normalized spacial score (nSPS) is 11.7. The summed E-state index contributed by atoms with van der Waals surface area (Å²) in [6.45, 7) is 8.38. The first kappa shape index (κ1) is 22.9. The molecule has 3 rings (SSSR count). The third-order valence-corrected chi connectivity index (χ3v) is 5.84. The maximum Gasteiger partial charge on any atom is 0.234 e. The van der Waals surface area contributed by atoms with Crippen LogP contribution in [0.25, 0.3) is 0 Å². The van der Waals surface area contributed by atoms with Gasteiger partial charge in [-0.05, 0) is 43.2 Å². The zero-order chi connectivity index (χ0) is 22.2. The highest BCUT2D eigenvalue weighted by atomic mass is 35.5. The van der Waals surface area contributed by atoms with Crippen molar-refractivity contribution in [3.05, 3.63) is 77.6 Å². The molecule has 8 heteroatoms. The summed E-state index contributed by atoms with van der Waals surface area (Å²) in [6.07, 6.45) is 2.43. The lowest BCUT2D eigenvalue weighted by Gasteiger charge is -2.16. The fourth-order valence-electron chi connectivity index (χ4n) is 2.95. The third-order valence-electron chi connectivity index (χ3n) is 4.55. The van der Waals surface area contributed by atoms with Crippen LogP contribution in [-0.4, -0.2) is 26.4 Å². The van der Waals surface area contributed by atoms with Crippen molar-refractivity contribution in [2.45, 2.75) is 38.1 Å². The molecule has 0 saturated heterocycles. The molecule has 2 aromatic carbocycles. The summed E-state index contributed by atoms with van der Waals surface area (Å²) >= 11 is 7.40. The summed E-state index contributed by atoms with van der Waals surface area (Å²) < 4.78 is 7.97. The van der Waals surface area contributed by atoms with E-state index in [1.807, 2.05) is 35.8 Å². The van der Waals surface area contributed by atoms with Crippen molar-refractivity contribution >= 4 is 35.0 Å². The largest absolute Gasteiger partial charge is 0.483 e. The Morgan fingerprint density at radius 3 is 2.68 bits per heavy atom. The zero-order valence-corrected chi connectivity index (χ0v) is 19.1. The second kappa shape index (κ2) is 11.0. The number of carbonyl (C=O) groups excluding carboxylic acids is 1. The molecule has 1 N–H and O–H groups in total. The minimum atomic E-state index is -0.314. The number of aromatic nitrogens is 3. The molecule has 1 atom stereocenters. The molecule has 162 valence electrons. The summed E-state index contributed by atoms with van der Waals surface area (Å²) in [5.74, 6) is 1.45. The highest BCUT2D eigenvalue weighted by Crippen LogP contribution is 2.26. The van der Waals surface area contributed by atoms with Crippen LogP contribution in [0.1, 0.15) is 31.3 Å². The van der Waals surface area contributed by atoms with E-state index in [9.17, 15) is 4.79 Å². The van der Waals surface area contributed by atoms with Gasteiger partial charge in [-0.3, -0.25) is 9.36 Å². The van der Waals surface area contributed by atoms with Crippen LogP contribution in [0.3, 0.4) is 0 Å². The van der Waals surface area contributed by atoms with E-state index in [2.05, 4.69) is 41.1 Å².